The molecule has 0 bridgehead atoms. The predicted molar refractivity (Wildman–Crippen MR) is 81.0 cm³/mol. The Kier molecular flexibility index (Phi) is 5.78. The second-order valence-electron chi connectivity index (χ2n) is 5.42. The van der Waals surface area contributed by atoms with Crippen LogP contribution in [0.15, 0.2) is 30.3 Å². The Labute approximate surface area is 126 Å². The van der Waals surface area contributed by atoms with Gasteiger partial charge in [-0.3, -0.25) is 4.79 Å². The van der Waals surface area contributed by atoms with Crippen LogP contribution in [0.1, 0.15) is 50.5 Å². The molecule has 0 N–H and O–H groups in total. The zero-order valence-corrected chi connectivity index (χ0v) is 12.6. The van der Waals surface area contributed by atoms with Crippen LogP contribution in [-0.2, 0) is 9.53 Å². The van der Waals surface area contributed by atoms with Gasteiger partial charge >= 0.3 is 6.09 Å². The fourth-order valence-electron chi connectivity index (χ4n) is 2.68. The van der Waals surface area contributed by atoms with Gasteiger partial charge in [0.1, 0.15) is 6.61 Å². The molecule has 114 valence electrons. The molecule has 2 rings (SSSR count). The summed E-state index contributed by atoms with van der Waals surface area (Å²) in [5.74, 6) is -0.367. The normalized spacial score (nSPS) is 15.9. The van der Waals surface area contributed by atoms with Gasteiger partial charge in [-0.15, -0.1) is 0 Å². The summed E-state index contributed by atoms with van der Waals surface area (Å²) in [6.45, 7) is 2.85. The van der Waals surface area contributed by atoms with E-state index < -0.39 is 6.09 Å². The van der Waals surface area contributed by atoms with E-state index in [1.54, 1.807) is 0 Å². The lowest BCUT2D eigenvalue weighted by molar-refractivity contribution is -0.129. The van der Waals surface area contributed by atoms with Crippen LogP contribution in [0, 0.1) is 0 Å². The van der Waals surface area contributed by atoms with E-state index in [9.17, 15) is 9.59 Å². The minimum absolute atomic E-state index is 0.125. The monoisotopic (exact) mass is 289 g/mol. The molecule has 4 nitrogen and oxygen atoms in total. The van der Waals surface area contributed by atoms with Gasteiger partial charge in [0.15, 0.2) is 0 Å². The lowest BCUT2D eigenvalue weighted by Crippen LogP contribution is -2.35. The van der Waals surface area contributed by atoms with Crippen molar-refractivity contribution >= 4 is 12.0 Å². The molecule has 0 aliphatic carbocycles. The van der Waals surface area contributed by atoms with Gasteiger partial charge < -0.3 is 4.74 Å². The van der Waals surface area contributed by atoms with Gasteiger partial charge in [0.25, 0.3) is 0 Å². The standard InChI is InChI=1S/C17H23NO3/c1-2-3-4-8-11-15(14-9-6-5-7-10-14)16(19)18-12-13-21-17(18)20/h5-7,9-10,15H,2-4,8,11-13H2,1H3. The first kappa shape index (κ1) is 15.5. The van der Waals surface area contributed by atoms with Crippen LogP contribution in [-0.4, -0.2) is 30.1 Å². The number of imide groups is 1. The molecule has 4 heteroatoms. The number of amides is 2. The average Bonchev–Trinajstić information content (AvgIpc) is 2.94. The summed E-state index contributed by atoms with van der Waals surface area (Å²) in [6, 6.07) is 9.73. The van der Waals surface area contributed by atoms with Gasteiger partial charge in [-0.1, -0.05) is 62.9 Å². The third-order valence-electron chi connectivity index (χ3n) is 3.87. The molecule has 1 unspecified atom stereocenters. The summed E-state index contributed by atoms with van der Waals surface area (Å²) in [6.07, 6.45) is 4.75. The fourth-order valence-corrected chi connectivity index (χ4v) is 2.68. The van der Waals surface area contributed by atoms with Crippen LogP contribution in [0.5, 0.6) is 0 Å². The first-order valence-electron chi connectivity index (χ1n) is 7.77. The van der Waals surface area contributed by atoms with E-state index in [4.69, 9.17) is 4.74 Å². The number of nitrogens with zero attached hydrogens (tertiary/aromatic N) is 1. The highest BCUT2D eigenvalue weighted by molar-refractivity contribution is 5.96. The third kappa shape index (κ3) is 4.06. The molecule has 21 heavy (non-hydrogen) atoms. The maximum atomic E-state index is 12.6. The number of rotatable bonds is 7. The number of hydrogen-bond donors (Lipinski definition) is 0. The van der Waals surface area contributed by atoms with Gasteiger partial charge in [0.05, 0.1) is 12.5 Å². The third-order valence-corrected chi connectivity index (χ3v) is 3.87. The minimum atomic E-state index is -0.505. The van der Waals surface area contributed by atoms with Crippen molar-refractivity contribution in [3.63, 3.8) is 0 Å². The van der Waals surface area contributed by atoms with Crippen molar-refractivity contribution in [1.29, 1.82) is 0 Å². The van der Waals surface area contributed by atoms with E-state index in [1.807, 2.05) is 30.3 Å². The highest BCUT2D eigenvalue weighted by Crippen LogP contribution is 2.26. The number of unbranched alkanes of at least 4 members (excludes halogenated alkanes) is 3. The van der Waals surface area contributed by atoms with Crippen LogP contribution in [0.2, 0.25) is 0 Å². The number of cyclic esters (lactones) is 1. The molecule has 1 atom stereocenters. The molecule has 0 aromatic heterocycles. The second kappa shape index (κ2) is 7.81. The molecule has 1 heterocycles. The van der Waals surface area contributed by atoms with Crippen molar-refractivity contribution in [2.45, 2.75) is 44.9 Å². The zero-order chi connectivity index (χ0) is 15.1. The van der Waals surface area contributed by atoms with Crippen molar-refractivity contribution in [3.8, 4) is 0 Å². The molecular weight excluding hydrogens is 266 g/mol. The van der Waals surface area contributed by atoms with E-state index in [1.165, 1.54) is 17.7 Å². The van der Waals surface area contributed by atoms with Gasteiger partial charge in [-0.2, -0.15) is 0 Å². The predicted octanol–water partition coefficient (Wildman–Crippen LogP) is 3.72. The molecule has 1 aliphatic rings. The number of carbonyl (C=O) groups excluding carboxylic acids is 2. The fraction of sp³-hybridized carbons (Fsp3) is 0.529. The summed E-state index contributed by atoms with van der Waals surface area (Å²) < 4.78 is 4.88. The Hall–Kier alpha value is -1.84. The zero-order valence-electron chi connectivity index (χ0n) is 12.6. The molecule has 1 aromatic rings. The van der Waals surface area contributed by atoms with Gasteiger partial charge in [0.2, 0.25) is 5.91 Å². The van der Waals surface area contributed by atoms with Crippen LogP contribution in [0.4, 0.5) is 4.79 Å². The molecule has 1 fully saturated rings. The van der Waals surface area contributed by atoms with E-state index in [0.717, 1.165) is 24.8 Å². The smallest absolute Gasteiger partial charge is 0.416 e. The highest BCUT2D eigenvalue weighted by Gasteiger charge is 2.33. The van der Waals surface area contributed by atoms with Crippen LogP contribution >= 0.6 is 0 Å². The number of carbonyl (C=O) groups is 2. The van der Waals surface area contributed by atoms with Crippen molar-refractivity contribution < 1.29 is 14.3 Å². The molecule has 1 saturated heterocycles. The molecule has 1 aliphatic heterocycles. The maximum Gasteiger partial charge on any atom is 0.416 e. The summed E-state index contributed by atoms with van der Waals surface area (Å²) in [7, 11) is 0. The maximum absolute atomic E-state index is 12.6. The van der Waals surface area contributed by atoms with Crippen molar-refractivity contribution in [3.05, 3.63) is 35.9 Å². The van der Waals surface area contributed by atoms with E-state index in [-0.39, 0.29) is 11.8 Å². The van der Waals surface area contributed by atoms with Crippen molar-refractivity contribution in [2.75, 3.05) is 13.2 Å². The highest BCUT2D eigenvalue weighted by atomic mass is 16.6. The summed E-state index contributed by atoms with van der Waals surface area (Å²) in [5, 5.41) is 0. The SMILES string of the molecule is CCCCCCC(C(=O)N1CCOC1=O)c1ccccc1. The van der Waals surface area contributed by atoms with Gasteiger partial charge in [-0.25, -0.2) is 9.69 Å². The Morgan fingerprint density at radius 2 is 2.00 bits per heavy atom. The number of hydrogen-bond acceptors (Lipinski definition) is 3. The van der Waals surface area contributed by atoms with Gasteiger partial charge in [-0.05, 0) is 12.0 Å². The van der Waals surface area contributed by atoms with E-state index >= 15 is 0 Å². The van der Waals surface area contributed by atoms with Crippen molar-refractivity contribution in [2.24, 2.45) is 0 Å². The first-order chi connectivity index (χ1) is 10.2. The average molecular weight is 289 g/mol. The number of ether oxygens (including phenoxy) is 1. The summed E-state index contributed by atoms with van der Waals surface area (Å²) in [4.78, 5) is 25.5. The molecule has 0 spiro atoms. The molecular formula is C17H23NO3. The van der Waals surface area contributed by atoms with Crippen LogP contribution in [0.25, 0.3) is 0 Å². The van der Waals surface area contributed by atoms with Crippen LogP contribution < -0.4 is 0 Å². The Morgan fingerprint density at radius 3 is 2.62 bits per heavy atom. The molecule has 0 radical (unpaired) electrons. The molecule has 2 amide bonds. The Morgan fingerprint density at radius 1 is 1.24 bits per heavy atom. The van der Waals surface area contributed by atoms with E-state index in [2.05, 4.69) is 6.92 Å². The Bertz CT molecular complexity index is 472. The summed E-state index contributed by atoms with van der Waals surface area (Å²) >= 11 is 0. The topological polar surface area (TPSA) is 46.6 Å². The molecule has 1 aromatic carbocycles. The lowest BCUT2D eigenvalue weighted by Gasteiger charge is -2.20. The Balaban J connectivity index is 2.07. The number of benzene rings is 1. The minimum Gasteiger partial charge on any atom is -0.447 e. The quantitative estimate of drug-likeness (QED) is 0.719. The van der Waals surface area contributed by atoms with E-state index in [0.29, 0.717) is 13.2 Å². The molecule has 0 saturated carbocycles. The summed E-state index contributed by atoms with van der Waals surface area (Å²) in [5.41, 5.74) is 0.985. The van der Waals surface area contributed by atoms with Crippen molar-refractivity contribution in [1.82, 2.24) is 4.90 Å². The van der Waals surface area contributed by atoms with Gasteiger partial charge in [0, 0.05) is 0 Å². The first-order valence-corrected chi connectivity index (χ1v) is 7.77. The second-order valence-corrected chi connectivity index (χ2v) is 5.42. The largest absolute Gasteiger partial charge is 0.447 e. The van der Waals surface area contributed by atoms with Crippen LogP contribution in [0.3, 0.4) is 0 Å². The lowest BCUT2D eigenvalue weighted by atomic mass is 9.91.